The smallest absolute Gasteiger partial charge is 0.410 e. The number of carbonyl (C=O) groups is 1. The highest BCUT2D eigenvalue weighted by Crippen LogP contribution is 2.27. The maximum Gasteiger partial charge on any atom is 0.410 e. The predicted octanol–water partition coefficient (Wildman–Crippen LogP) is 2.62. The Morgan fingerprint density at radius 3 is 2.55 bits per heavy atom. The Morgan fingerprint density at radius 1 is 1.14 bits per heavy atom. The maximum absolute atomic E-state index is 12.3. The van der Waals surface area contributed by atoms with Gasteiger partial charge in [0.2, 0.25) is 0 Å². The first kappa shape index (κ1) is 15.2. The highest BCUT2D eigenvalue weighted by Gasteiger charge is 2.29. The number of anilines is 1. The van der Waals surface area contributed by atoms with Crippen molar-refractivity contribution in [2.45, 2.75) is 58.7 Å². The molecule has 0 bridgehead atoms. The van der Waals surface area contributed by atoms with Gasteiger partial charge in [-0.25, -0.2) is 4.79 Å². The molecule has 1 saturated heterocycles. The van der Waals surface area contributed by atoms with Gasteiger partial charge in [-0.15, -0.1) is 0 Å². The molecule has 3 heterocycles. The standard InChI is InChI=1S/C16H26N4O2/c1-16(2,3)22-15(21)19-9-10-20-14(12-19)13(11-17-20)18-7-5-4-6-8-18/h11H,4-10,12H2,1-3H3. The van der Waals surface area contributed by atoms with Crippen molar-refractivity contribution in [3.63, 3.8) is 0 Å². The largest absolute Gasteiger partial charge is 0.444 e. The second-order valence-electron chi connectivity index (χ2n) is 7.15. The third-order valence-electron chi connectivity index (χ3n) is 4.20. The number of aromatic nitrogens is 2. The summed E-state index contributed by atoms with van der Waals surface area (Å²) in [4.78, 5) is 16.5. The van der Waals surface area contributed by atoms with E-state index < -0.39 is 5.60 Å². The Bertz CT molecular complexity index is 541. The van der Waals surface area contributed by atoms with E-state index in [1.165, 1.54) is 24.9 Å². The summed E-state index contributed by atoms with van der Waals surface area (Å²) in [5.74, 6) is 0. The van der Waals surface area contributed by atoms with Gasteiger partial charge in [-0.05, 0) is 40.0 Å². The first-order valence-corrected chi connectivity index (χ1v) is 8.21. The van der Waals surface area contributed by atoms with Crippen molar-refractivity contribution in [1.29, 1.82) is 0 Å². The zero-order chi connectivity index (χ0) is 15.7. The number of fused-ring (bicyclic) bond motifs is 1. The van der Waals surface area contributed by atoms with E-state index in [4.69, 9.17) is 4.74 Å². The molecule has 6 heteroatoms. The van der Waals surface area contributed by atoms with E-state index in [9.17, 15) is 4.79 Å². The summed E-state index contributed by atoms with van der Waals surface area (Å²) < 4.78 is 7.53. The topological polar surface area (TPSA) is 50.6 Å². The average molecular weight is 306 g/mol. The lowest BCUT2D eigenvalue weighted by Gasteiger charge is -2.33. The zero-order valence-electron chi connectivity index (χ0n) is 13.8. The molecule has 0 radical (unpaired) electrons. The van der Waals surface area contributed by atoms with E-state index in [0.29, 0.717) is 13.1 Å². The summed E-state index contributed by atoms with van der Waals surface area (Å²) in [6.07, 6.45) is 5.51. The van der Waals surface area contributed by atoms with Gasteiger partial charge < -0.3 is 14.5 Å². The number of nitrogens with zero attached hydrogens (tertiary/aromatic N) is 4. The Morgan fingerprint density at radius 2 is 1.86 bits per heavy atom. The molecular formula is C16H26N4O2. The number of carbonyl (C=O) groups excluding carboxylic acids is 1. The minimum Gasteiger partial charge on any atom is -0.444 e. The number of ether oxygens (including phenoxy) is 1. The molecule has 0 N–H and O–H groups in total. The van der Waals surface area contributed by atoms with E-state index in [-0.39, 0.29) is 6.09 Å². The maximum atomic E-state index is 12.3. The number of amides is 1. The third kappa shape index (κ3) is 3.20. The van der Waals surface area contributed by atoms with Crippen LogP contribution >= 0.6 is 0 Å². The third-order valence-corrected chi connectivity index (χ3v) is 4.20. The minimum atomic E-state index is -0.454. The van der Waals surface area contributed by atoms with Crippen molar-refractivity contribution in [2.24, 2.45) is 0 Å². The molecule has 3 rings (SSSR count). The average Bonchev–Trinajstić information content (AvgIpc) is 2.89. The molecule has 0 saturated carbocycles. The van der Waals surface area contributed by atoms with Gasteiger partial charge in [0, 0.05) is 19.6 Å². The molecule has 2 aliphatic heterocycles. The molecule has 0 aromatic carbocycles. The lowest BCUT2D eigenvalue weighted by Crippen LogP contribution is -2.42. The molecule has 122 valence electrons. The van der Waals surface area contributed by atoms with Crippen molar-refractivity contribution < 1.29 is 9.53 Å². The summed E-state index contributed by atoms with van der Waals surface area (Å²) in [6, 6.07) is 0. The molecule has 0 spiro atoms. The molecule has 0 unspecified atom stereocenters. The summed E-state index contributed by atoms with van der Waals surface area (Å²) in [7, 11) is 0. The van der Waals surface area contributed by atoms with Crippen LogP contribution in [-0.2, 0) is 17.8 Å². The number of hydrogen-bond acceptors (Lipinski definition) is 4. The van der Waals surface area contributed by atoms with Crippen molar-refractivity contribution in [2.75, 3.05) is 24.5 Å². The van der Waals surface area contributed by atoms with Crippen molar-refractivity contribution >= 4 is 11.8 Å². The summed E-state index contributed by atoms with van der Waals surface area (Å²) in [5.41, 5.74) is 1.87. The molecule has 0 aliphatic carbocycles. The minimum absolute atomic E-state index is 0.232. The van der Waals surface area contributed by atoms with Gasteiger partial charge in [0.25, 0.3) is 0 Å². The molecule has 2 aliphatic rings. The summed E-state index contributed by atoms with van der Waals surface area (Å²) in [6.45, 7) is 9.86. The molecule has 1 fully saturated rings. The fourth-order valence-corrected chi connectivity index (χ4v) is 3.11. The van der Waals surface area contributed by atoms with Crippen molar-refractivity contribution in [1.82, 2.24) is 14.7 Å². The normalized spacial score (nSPS) is 19.0. The summed E-state index contributed by atoms with van der Waals surface area (Å²) >= 11 is 0. The predicted molar refractivity (Wildman–Crippen MR) is 84.9 cm³/mol. The lowest BCUT2D eigenvalue weighted by molar-refractivity contribution is 0.0195. The Labute approximate surface area is 132 Å². The zero-order valence-corrected chi connectivity index (χ0v) is 13.8. The molecule has 0 atom stereocenters. The van der Waals surface area contributed by atoms with Gasteiger partial charge in [0.15, 0.2) is 0 Å². The Hall–Kier alpha value is -1.72. The second kappa shape index (κ2) is 5.82. The van der Waals surface area contributed by atoms with Gasteiger partial charge in [0.1, 0.15) is 5.60 Å². The van der Waals surface area contributed by atoms with Gasteiger partial charge in [0.05, 0.1) is 30.7 Å². The van der Waals surface area contributed by atoms with Crippen LogP contribution < -0.4 is 4.90 Å². The summed E-state index contributed by atoms with van der Waals surface area (Å²) in [5, 5.41) is 4.50. The van der Waals surface area contributed by atoms with E-state index in [1.807, 2.05) is 31.6 Å². The fraction of sp³-hybridized carbons (Fsp3) is 0.750. The van der Waals surface area contributed by atoms with Crippen LogP contribution in [0.2, 0.25) is 0 Å². The van der Waals surface area contributed by atoms with Crippen LogP contribution in [-0.4, -0.2) is 46.0 Å². The van der Waals surface area contributed by atoms with Crippen LogP contribution in [0.5, 0.6) is 0 Å². The van der Waals surface area contributed by atoms with E-state index in [2.05, 4.69) is 10.00 Å². The highest BCUT2D eigenvalue weighted by molar-refractivity contribution is 5.69. The Kier molecular flexibility index (Phi) is 4.02. The number of hydrogen-bond donors (Lipinski definition) is 0. The monoisotopic (exact) mass is 306 g/mol. The molecule has 22 heavy (non-hydrogen) atoms. The van der Waals surface area contributed by atoms with E-state index >= 15 is 0 Å². The molecule has 1 amide bonds. The fourth-order valence-electron chi connectivity index (χ4n) is 3.11. The quantitative estimate of drug-likeness (QED) is 0.800. The lowest BCUT2D eigenvalue weighted by atomic mass is 10.1. The first-order chi connectivity index (χ1) is 10.4. The van der Waals surface area contributed by atoms with Gasteiger partial charge in [-0.1, -0.05) is 0 Å². The second-order valence-corrected chi connectivity index (χ2v) is 7.15. The van der Waals surface area contributed by atoms with Crippen molar-refractivity contribution in [3.05, 3.63) is 11.9 Å². The van der Waals surface area contributed by atoms with Gasteiger partial charge in [-0.2, -0.15) is 5.10 Å². The van der Waals surface area contributed by atoms with Crippen LogP contribution in [0.25, 0.3) is 0 Å². The van der Waals surface area contributed by atoms with Crippen LogP contribution in [0, 0.1) is 0 Å². The SMILES string of the molecule is CC(C)(C)OC(=O)N1CCn2ncc(N3CCCCC3)c2C1. The molecule has 1 aromatic heterocycles. The van der Waals surface area contributed by atoms with E-state index in [0.717, 1.165) is 25.3 Å². The van der Waals surface area contributed by atoms with Gasteiger partial charge >= 0.3 is 6.09 Å². The van der Waals surface area contributed by atoms with Crippen LogP contribution in [0.4, 0.5) is 10.5 Å². The first-order valence-electron chi connectivity index (χ1n) is 8.21. The number of piperidine rings is 1. The van der Waals surface area contributed by atoms with E-state index in [1.54, 1.807) is 4.90 Å². The van der Waals surface area contributed by atoms with Crippen molar-refractivity contribution in [3.8, 4) is 0 Å². The molecular weight excluding hydrogens is 280 g/mol. The number of rotatable bonds is 1. The molecule has 6 nitrogen and oxygen atoms in total. The van der Waals surface area contributed by atoms with Gasteiger partial charge in [-0.3, -0.25) is 4.68 Å². The van der Waals surface area contributed by atoms with Crippen LogP contribution in [0.15, 0.2) is 6.20 Å². The van der Waals surface area contributed by atoms with Crippen LogP contribution in [0.3, 0.4) is 0 Å². The Balaban J connectivity index is 1.74. The highest BCUT2D eigenvalue weighted by atomic mass is 16.6. The van der Waals surface area contributed by atoms with Crippen LogP contribution in [0.1, 0.15) is 45.7 Å². The molecule has 1 aromatic rings.